The average molecular weight is 407 g/mol. The molecule has 0 aliphatic carbocycles. The third-order valence-electron chi connectivity index (χ3n) is 4.30. The molecule has 28 heavy (non-hydrogen) atoms. The van der Waals surface area contributed by atoms with Gasteiger partial charge in [0, 0.05) is 25.0 Å². The second-order valence-corrected chi connectivity index (χ2v) is 6.78. The minimum atomic E-state index is -0.639. The van der Waals surface area contributed by atoms with Crippen molar-refractivity contribution in [2.45, 2.75) is 32.4 Å². The maximum absolute atomic E-state index is 13.1. The summed E-state index contributed by atoms with van der Waals surface area (Å²) in [5.41, 5.74) is 0.753. The molecule has 0 saturated carbocycles. The largest absolute Gasteiger partial charge is 0.494 e. The van der Waals surface area contributed by atoms with Gasteiger partial charge < -0.3 is 15.0 Å². The second-order valence-electron chi connectivity index (χ2n) is 6.34. The number of amides is 2. The summed E-state index contributed by atoms with van der Waals surface area (Å²) < 4.78 is 18.7. The van der Waals surface area contributed by atoms with Gasteiger partial charge in [-0.3, -0.25) is 9.59 Å². The van der Waals surface area contributed by atoms with Crippen LogP contribution < -0.4 is 10.1 Å². The molecule has 0 fully saturated rings. The highest BCUT2D eigenvalue weighted by Crippen LogP contribution is 2.16. The van der Waals surface area contributed by atoms with Gasteiger partial charge in [0.2, 0.25) is 11.8 Å². The number of carbonyl (C=O) groups excluding carboxylic acids is 2. The van der Waals surface area contributed by atoms with E-state index < -0.39 is 6.04 Å². The summed E-state index contributed by atoms with van der Waals surface area (Å²) >= 11 is 5.83. The maximum Gasteiger partial charge on any atom is 0.242 e. The summed E-state index contributed by atoms with van der Waals surface area (Å²) in [4.78, 5) is 26.3. The number of ether oxygens (including phenoxy) is 1. The first-order valence-corrected chi connectivity index (χ1v) is 9.42. The van der Waals surface area contributed by atoms with Gasteiger partial charge in [0.15, 0.2) is 0 Å². The van der Waals surface area contributed by atoms with Crippen LogP contribution in [0.4, 0.5) is 4.39 Å². The molecule has 0 aromatic heterocycles. The topological polar surface area (TPSA) is 58.6 Å². The Labute approximate surface area is 169 Å². The predicted octanol–water partition coefficient (Wildman–Crippen LogP) is 3.80. The molecule has 0 bridgehead atoms. The third-order valence-corrected chi connectivity index (χ3v) is 4.55. The zero-order chi connectivity index (χ0) is 20.5. The first-order valence-electron chi connectivity index (χ1n) is 9.04. The van der Waals surface area contributed by atoms with Crippen molar-refractivity contribution < 1.29 is 18.7 Å². The smallest absolute Gasteiger partial charge is 0.242 e. The molecule has 0 aliphatic rings. The number of hydrogen-bond acceptors (Lipinski definition) is 3. The lowest BCUT2D eigenvalue weighted by Gasteiger charge is -2.28. The van der Waals surface area contributed by atoms with E-state index in [-0.39, 0.29) is 30.6 Å². The van der Waals surface area contributed by atoms with Crippen LogP contribution in [0.25, 0.3) is 0 Å². The van der Waals surface area contributed by atoms with E-state index in [1.807, 2.05) is 0 Å². The van der Waals surface area contributed by atoms with Gasteiger partial charge in [-0.25, -0.2) is 4.39 Å². The number of likely N-dealkylation sites (N-methyl/N-ethyl adjacent to an activating group) is 1. The van der Waals surface area contributed by atoms with Crippen molar-refractivity contribution in [1.29, 1.82) is 0 Å². The van der Waals surface area contributed by atoms with Crippen LogP contribution in [0.15, 0.2) is 48.5 Å². The van der Waals surface area contributed by atoms with Crippen molar-refractivity contribution in [1.82, 2.24) is 10.2 Å². The van der Waals surface area contributed by atoms with E-state index in [0.29, 0.717) is 23.8 Å². The third kappa shape index (κ3) is 6.53. The van der Waals surface area contributed by atoms with Crippen molar-refractivity contribution in [3.05, 3.63) is 64.9 Å². The molecule has 7 heteroatoms. The lowest BCUT2D eigenvalue weighted by Crippen LogP contribution is -2.46. The van der Waals surface area contributed by atoms with Crippen LogP contribution in [-0.2, 0) is 16.1 Å². The highest BCUT2D eigenvalue weighted by molar-refractivity contribution is 6.30. The highest BCUT2D eigenvalue weighted by Gasteiger charge is 2.25. The number of hydrogen-bond donors (Lipinski definition) is 1. The first-order chi connectivity index (χ1) is 13.4. The molecule has 0 saturated heterocycles. The van der Waals surface area contributed by atoms with Crippen molar-refractivity contribution in [3.8, 4) is 5.75 Å². The molecule has 2 amide bonds. The number of nitrogens with one attached hydrogen (secondary N) is 1. The Kier molecular flexibility index (Phi) is 8.26. The van der Waals surface area contributed by atoms with Crippen molar-refractivity contribution >= 4 is 23.4 Å². The highest BCUT2D eigenvalue weighted by atomic mass is 35.5. The molecule has 1 N–H and O–H groups in total. The normalized spacial score (nSPS) is 11.6. The summed E-state index contributed by atoms with van der Waals surface area (Å²) in [6.45, 7) is 2.27. The van der Waals surface area contributed by atoms with Crippen molar-refractivity contribution in [3.63, 3.8) is 0 Å². The molecule has 2 aromatic rings. The standard InChI is InChI=1S/C21H24ClFN2O3/c1-15(21(27)24-2)25(14-16-5-9-18(23)10-6-16)20(26)4-3-13-28-19-11-7-17(22)8-12-19/h5-12,15H,3-4,13-14H2,1-2H3,(H,24,27)/t15-/m0/s1. The Hall–Kier alpha value is -2.60. The van der Waals surface area contributed by atoms with Crippen LogP contribution in [-0.4, -0.2) is 36.4 Å². The molecular weight excluding hydrogens is 383 g/mol. The molecule has 0 unspecified atom stereocenters. The van der Waals surface area contributed by atoms with Gasteiger partial charge in [0.25, 0.3) is 0 Å². The lowest BCUT2D eigenvalue weighted by molar-refractivity contribution is -0.140. The van der Waals surface area contributed by atoms with Crippen LogP contribution in [0.2, 0.25) is 5.02 Å². The van der Waals surface area contributed by atoms with E-state index in [2.05, 4.69) is 5.32 Å². The molecule has 2 aromatic carbocycles. The predicted molar refractivity (Wildman–Crippen MR) is 107 cm³/mol. The van der Waals surface area contributed by atoms with Crippen LogP contribution in [0.1, 0.15) is 25.3 Å². The molecule has 2 rings (SSSR count). The Balaban J connectivity index is 1.94. The Morgan fingerprint density at radius 1 is 1.14 bits per heavy atom. The molecule has 1 atom stereocenters. The van der Waals surface area contributed by atoms with Gasteiger partial charge in [0.05, 0.1) is 6.61 Å². The van der Waals surface area contributed by atoms with E-state index in [4.69, 9.17) is 16.3 Å². The minimum absolute atomic E-state index is 0.167. The van der Waals surface area contributed by atoms with E-state index >= 15 is 0 Å². The van der Waals surface area contributed by atoms with E-state index in [9.17, 15) is 14.0 Å². The van der Waals surface area contributed by atoms with Crippen LogP contribution >= 0.6 is 11.6 Å². The number of benzene rings is 2. The maximum atomic E-state index is 13.1. The fraction of sp³-hybridized carbons (Fsp3) is 0.333. The quantitative estimate of drug-likeness (QED) is 0.644. The fourth-order valence-electron chi connectivity index (χ4n) is 2.67. The lowest BCUT2D eigenvalue weighted by atomic mass is 10.1. The summed E-state index contributed by atoms with van der Waals surface area (Å²) in [7, 11) is 1.53. The first kappa shape index (κ1) is 21.7. The van der Waals surface area contributed by atoms with Gasteiger partial charge in [0.1, 0.15) is 17.6 Å². The molecule has 0 spiro atoms. The monoisotopic (exact) mass is 406 g/mol. The molecule has 150 valence electrons. The minimum Gasteiger partial charge on any atom is -0.494 e. The number of halogens is 2. The van der Waals surface area contributed by atoms with Crippen LogP contribution in [0.3, 0.4) is 0 Å². The summed E-state index contributed by atoms with van der Waals surface area (Å²) in [6.07, 6.45) is 0.734. The Bertz CT molecular complexity index is 781. The Morgan fingerprint density at radius 3 is 2.39 bits per heavy atom. The number of rotatable bonds is 9. The van der Waals surface area contributed by atoms with Gasteiger partial charge in [-0.15, -0.1) is 0 Å². The van der Waals surface area contributed by atoms with Gasteiger partial charge in [-0.2, -0.15) is 0 Å². The Morgan fingerprint density at radius 2 is 1.79 bits per heavy atom. The molecule has 0 radical (unpaired) electrons. The SMILES string of the molecule is CNC(=O)[C@H](C)N(Cc1ccc(F)cc1)C(=O)CCCOc1ccc(Cl)cc1. The molecule has 0 heterocycles. The summed E-state index contributed by atoms with van der Waals surface area (Å²) in [6, 6.07) is 12.2. The molecular formula is C21H24ClFN2O3. The van der Waals surface area contributed by atoms with Crippen molar-refractivity contribution in [2.75, 3.05) is 13.7 Å². The molecule has 0 aliphatic heterocycles. The zero-order valence-electron chi connectivity index (χ0n) is 16.0. The summed E-state index contributed by atoms with van der Waals surface area (Å²) in [5.74, 6) is -0.0907. The fourth-order valence-corrected chi connectivity index (χ4v) is 2.79. The average Bonchev–Trinajstić information content (AvgIpc) is 2.70. The second kappa shape index (κ2) is 10.7. The van der Waals surface area contributed by atoms with Gasteiger partial charge in [-0.05, 0) is 55.3 Å². The number of nitrogens with zero attached hydrogens (tertiary/aromatic N) is 1. The van der Waals surface area contributed by atoms with Gasteiger partial charge >= 0.3 is 0 Å². The molecule has 5 nitrogen and oxygen atoms in total. The van der Waals surface area contributed by atoms with Gasteiger partial charge in [-0.1, -0.05) is 23.7 Å². The van der Waals surface area contributed by atoms with Crippen LogP contribution in [0.5, 0.6) is 5.75 Å². The van der Waals surface area contributed by atoms with Crippen LogP contribution in [0, 0.1) is 5.82 Å². The van der Waals surface area contributed by atoms with E-state index in [1.54, 1.807) is 43.3 Å². The van der Waals surface area contributed by atoms with Crippen molar-refractivity contribution in [2.24, 2.45) is 0 Å². The zero-order valence-corrected chi connectivity index (χ0v) is 16.7. The summed E-state index contributed by atoms with van der Waals surface area (Å²) in [5, 5.41) is 3.19. The van der Waals surface area contributed by atoms with E-state index in [1.165, 1.54) is 24.1 Å². The van der Waals surface area contributed by atoms with E-state index in [0.717, 1.165) is 5.56 Å². The number of carbonyl (C=O) groups is 2.